The van der Waals surface area contributed by atoms with Crippen LogP contribution in [-0.2, 0) is 0 Å². The van der Waals surface area contributed by atoms with Gasteiger partial charge in [-0.1, -0.05) is 6.92 Å². The van der Waals surface area contributed by atoms with Gasteiger partial charge in [0.15, 0.2) is 0 Å². The maximum Gasteiger partial charge on any atom is 0.113 e. The molecule has 0 spiro atoms. The topological polar surface area (TPSA) is 56.9 Å². The van der Waals surface area contributed by atoms with Crippen LogP contribution in [0.15, 0.2) is 21.2 Å². The third-order valence-electron chi connectivity index (χ3n) is 2.10. The van der Waals surface area contributed by atoms with Gasteiger partial charge in [-0.2, -0.15) is 5.26 Å². The van der Waals surface area contributed by atoms with Crippen molar-refractivity contribution < 1.29 is 5.11 Å². The smallest absolute Gasteiger partial charge is 0.113 e. The van der Waals surface area contributed by atoms with Crippen LogP contribution in [0, 0.1) is 17.2 Å². The van der Waals surface area contributed by atoms with Crippen LogP contribution in [0.1, 0.15) is 25.1 Å². The number of aromatic nitrogens is 1. The van der Waals surface area contributed by atoms with Crippen molar-refractivity contribution in [2.24, 2.45) is 5.92 Å². The molecular formula is C10H10Br2N2O. The van der Waals surface area contributed by atoms with Crippen LogP contribution in [0.5, 0.6) is 0 Å². The van der Waals surface area contributed by atoms with Gasteiger partial charge in [0, 0.05) is 15.1 Å². The summed E-state index contributed by atoms with van der Waals surface area (Å²) in [6.07, 6.45) is 1.36. The molecule has 0 aliphatic heterocycles. The van der Waals surface area contributed by atoms with Gasteiger partial charge < -0.3 is 5.11 Å². The third-order valence-corrected chi connectivity index (χ3v) is 3.17. The molecule has 1 rings (SSSR count). The number of rotatable bonds is 3. The van der Waals surface area contributed by atoms with Crippen molar-refractivity contribution in [3.8, 4) is 6.07 Å². The molecule has 3 nitrogen and oxygen atoms in total. The molecule has 0 aromatic carbocycles. The van der Waals surface area contributed by atoms with Gasteiger partial charge in [-0.3, -0.25) is 4.98 Å². The van der Waals surface area contributed by atoms with E-state index in [1.54, 1.807) is 12.3 Å². The molecule has 0 radical (unpaired) electrons. The van der Waals surface area contributed by atoms with E-state index >= 15 is 0 Å². The Labute approximate surface area is 105 Å². The minimum Gasteiger partial charge on any atom is -0.385 e. The zero-order valence-electron chi connectivity index (χ0n) is 8.11. The fourth-order valence-electron chi connectivity index (χ4n) is 1.22. The molecule has 80 valence electrons. The Hall–Kier alpha value is -0.440. The third kappa shape index (κ3) is 3.00. The first-order chi connectivity index (χ1) is 7.10. The van der Waals surface area contributed by atoms with E-state index in [-0.39, 0.29) is 0 Å². The van der Waals surface area contributed by atoms with Gasteiger partial charge in [0.25, 0.3) is 0 Å². The zero-order valence-corrected chi connectivity index (χ0v) is 11.3. The van der Waals surface area contributed by atoms with Crippen molar-refractivity contribution in [2.45, 2.75) is 19.4 Å². The van der Waals surface area contributed by atoms with Crippen LogP contribution in [0.2, 0.25) is 0 Å². The molecule has 0 saturated heterocycles. The second kappa shape index (κ2) is 5.59. The van der Waals surface area contributed by atoms with Crippen molar-refractivity contribution in [1.29, 1.82) is 5.26 Å². The summed E-state index contributed by atoms with van der Waals surface area (Å²) in [5.41, 5.74) is 0.506. The van der Waals surface area contributed by atoms with Gasteiger partial charge in [-0.15, -0.1) is 0 Å². The summed E-state index contributed by atoms with van der Waals surface area (Å²) in [5.74, 6) is -0.421. The normalized spacial score (nSPS) is 14.3. The highest BCUT2D eigenvalue weighted by molar-refractivity contribution is 9.11. The van der Waals surface area contributed by atoms with Gasteiger partial charge in [-0.05, 0) is 44.3 Å². The number of aliphatic hydroxyl groups is 1. The SMILES string of the molecule is CCC(C#N)C(O)c1ncc(Br)cc1Br. The molecule has 1 N–H and O–H groups in total. The Balaban J connectivity index is 3.01. The first kappa shape index (κ1) is 12.6. The molecule has 0 aliphatic rings. The van der Waals surface area contributed by atoms with E-state index in [1.807, 2.05) is 6.92 Å². The summed E-state index contributed by atoms with van der Waals surface area (Å²) in [5, 5.41) is 18.8. The summed E-state index contributed by atoms with van der Waals surface area (Å²) in [4.78, 5) is 4.10. The number of nitrogens with zero attached hydrogens (tertiary/aromatic N) is 2. The van der Waals surface area contributed by atoms with E-state index in [4.69, 9.17) is 5.26 Å². The number of hydrogen-bond acceptors (Lipinski definition) is 3. The molecule has 15 heavy (non-hydrogen) atoms. The van der Waals surface area contributed by atoms with E-state index in [0.717, 1.165) is 4.47 Å². The largest absolute Gasteiger partial charge is 0.385 e. The minimum atomic E-state index is -0.845. The van der Waals surface area contributed by atoms with E-state index in [9.17, 15) is 5.11 Å². The lowest BCUT2D eigenvalue weighted by molar-refractivity contribution is 0.127. The first-order valence-electron chi connectivity index (χ1n) is 4.48. The molecule has 0 bridgehead atoms. The van der Waals surface area contributed by atoms with Crippen LogP contribution in [0.3, 0.4) is 0 Å². The van der Waals surface area contributed by atoms with Crippen molar-refractivity contribution in [1.82, 2.24) is 4.98 Å². The summed E-state index contributed by atoms with van der Waals surface area (Å²) in [6, 6.07) is 3.87. The van der Waals surface area contributed by atoms with Crippen LogP contribution in [-0.4, -0.2) is 10.1 Å². The molecule has 0 aliphatic carbocycles. The highest BCUT2D eigenvalue weighted by atomic mass is 79.9. The number of halogens is 2. The first-order valence-corrected chi connectivity index (χ1v) is 6.07. The summed E-state index contributed by atoms with van der Waals surface area (Å²) in [7, 11) is 0. The second-order valence-corrected chi connectivity index (χ2v) is 4.88. The maximum absolute atomic E-state index is 9.92. The van der Waals surface area contributed by atoms with Gasteiger partial charge in [0.2, 0.25) is 0 Å². The quantitative estimate of drug-likeness (QED) is 0.924. The van der Waals surface area contributed by atoms with Gasteiger partial charge in [-0.25, -0.2) is 0 Å². The maximum atomic E-state index is 9.92. The van der Waals surface area contributed by atoms with E-state index < -0.39 is 12.0 Å². The molecule has 1 aromatic rings. The summed E-state index contributed by atoms with van der Waals surface area (Å²) in [6.45, 7) is 1.86. The second-order valence-electron chi connectivity index (χ2n) is 3.11. The molecule has 1 heterocycles. The lowest BCUT2D eigenvalue weighted by atomic mass is 9.98. The molecule has 0 amide bonds. The van der Waals surface area contributed by atoms with Gasteiger partial charge in [0.1, 0.15) is 6.10 Å². The fraction of sp³-hybridized carbons (Fsp3) is 0.400. The van der Waals surface area contributed by atoms with E-state index in [0.29, 0.717) is 16.6 Å². The average Bonchev–Trinajstić information content (AvgIpc) is 2.19. The Morgan fingerprint density at radius 3 is 2.73 bits per heavy atom. The Bertz CT molecular complexity index is 389. The minimum absolute atomic E-state index is 0.421. The van der Waals surface area contributed by atoms with Crippen LogP contribution < -0.4 is 0 Å². The molecule has 5 heteroatoms. The van der Waals surface area contributed by atoms with Crippen molar-refractivity contribution in [3.05, 3.63) is 26.9 Å². The number of pyridine rings is 1. The van der Waals surface area contributed by atoms with Gasteiger partial charge in [0.05, 0.1) is 17.7 Å². The molecule has 2 atom stereocenters. The highest BCUT2D eigenvalue weighted by Crippen LogP contribution is 2.29. The molecular weight excluding hydrogens is 324 g/mol. The van der Waals surface area contributed by atoms with Crippen LogP contribution in [0.25, 0.3) is 0 Å². The predicted molar refractivity (Wildman–Crippen MR) is 64.0 cm³/mol. The van der Waals surface area contributed by atoms with Crippen molar-refractivity contribution in [3.63, 3.8) is 0 Å². The highest BCUT2D eigenvalue weighted by Gasteiger charge is 2.22. The number of nitriles is 1. The van der Waals surface area contributed by atoms with E-state index in [1.165, 1.54) is 0 Å². The average molecular weight is 334 g/mol. The fourth-order valence-corrected chi connectivity index (χ4v) is 2.44. The zero-order chi connectivity index (χ0) is 11.4. The Morgan fingerprint density at radius 2 is 2.27 bits per heavy atom. The standard InChI is InChI=1S/C10H10Br2N2O/c1-2-6(4-13)10(15)9-8(12)3-7(11)5-14-9/h3,5-6,10,15H,2H2,1H3. The Morgan fingerprint density at radius 1 is 1.60 bits per heavy atom. The lowest BCUT2D eigenvalue weighted by Gasteiger charge is -2.15. The van der Waals surface area contributed by atoms with Crippen molar-refractivity contribution in [2.75, 3.05) is 0 Å². The van der Waals surface area contributed by atoms with Crippen molar-refractivity contribution >= 4 is 31.9 Å². The molecule has 0 fully saturated rings. The number of hydrogen-bond donors (Lipinski definition) is 1. The van der Waals surface area contributed by atoms with Crippen LogP contribution >= 0.6 is 31.9 Å². The number of aliphatic hydroxyl groups excluding tert-OH is 1. The molecule has 0 saturated carbocycles. The summed E-state index contributed by atoms with van der Waals surface area (Å²) < 4.78 is 1.54. The van der Waals surface area contributed by atoms with E-state index in [2.05, 4.69) is 42.9 Å². The molecule has 1 aromatic heterocycles. The summed E-state index contributed by atoms with van der Waals surface area (Å²) >= 11 is 6.59. The predicted octanol–water partition coefficient (Wildman–Crippen LogP) is 3.19. The monoisotopic (exact) mass is 332 g/mol. The Kier molecular flexibility index (Phi) is 4.71. The molecule has 2 unspecified atom stereocenters. The van der Waals surface area contributed by atoms with Gasteiger partial charge >= 0.3 is 0 Å². The lowest BCUT2D eigenvalue weighted by Crippen LogP contribution is -2.12. The van der Waals surface area contributed by atoms with Crippen LogP contribution in [0.4, 0.5) is 0 Å².